The van der Waals surface area contributed by atoms with E-state index < -0.39 is 34.9 Å². The van der Waals surface area contributed by atoms with Gasteiger partial charge in [-0.2, -0.15) is 5.01 Å². The summed E-state index contributed by atoms with van der Waals surface area (Å²) in [6.45, 7) is 0. The van der Waals surface area contributed by atoms with Crippen LogP contribution in [0, 0.1) is 0 Å². The first kappa shape index (κ1) is 17.9. The molecule has 1 aliphatic heterocycles. The van der Waals surface area contributed by atoms with Crippen molar-refractivity contribution in [2.45, 2.75) is 0 Å². The minimum Gasteiger partial charge on any atom is -0.478 e. The van der Waals surface area contributed by atoms with E-state index in [0.29, 0.717) is 15.5 Å². The highest BCUT2D eigenvalue weighted by Crippen LogP contribution is 2.33. The molecule has 0 bridgehead atoms. The zero-order chi connectivity index (χ0) is 20.2. The minimum atomic E-state index is -1.52. The number of fused-ring (bicyclic) bond motifs is 2. The Bertz CT molecular complexity index is 1170. The third kappa shape index (κ3) is 2.66. The molecule has 11 heteroatoms. The predicted molar refractivity (Wildman–Crippen MR) is 99.1 cm³/mol. The molecule has 4 rings (SSSR count). The number of hydrazine groups is 1. The van der Waals surface area contributed by atoms with Crippen molar-refractivity contribution in [1.29, 1.82) is 0 Å². The number of hydrogen-bond donors (Lipinski definition) is 3. The third-order valence-corrected chi connectivity index (χ3v) is 5.29. The van der Waals surface area contributed by atoms with Crippen LogP contribution in [0.5, 0.6) is 0 Å². The molecule has 0 atom stereocenters. The summed E-state index contributed by atoms with van der Waals surface area (Å²) in [5.41, 5.74) is 1.50. The van der Waals surface area contributed by atoms with Crippen LogP contribution < -0.4 is 5.43 Å². The Morgan fingerprint density at radius 2 is 1.61 bits per heavy atom. The van der Waals surface area contributed by atoms with Gasteiger partial charge in [-0.05, 0) is 24.3 Å². The number of carboxylic acids is 2. The highest BCUT2D eigenvalue weighted by Gasteiger charge is 2.39. The molecule has 0 spiro atoms. The molecule has 0 aliphatic carbocycles. The highest BCUT2D eigenvalue weighted by molar-refractivity contribution is 7.22. The molecule has 2 amide bonds. The number of halogens is 1. The fraction of sp³-hybridized carbons (Fsp3) is 0. The van der Waals surface area contributed by atoms with Gasteiger partial charge in [-0.25, -0.2) is 14.6 Å². The van der Waals surface area contributed by atoms with Crippen molar-refractivity contribution in [3.63, 3.8) is 0 Å². The molecule has 28 heavy (non-hydrogen) atoms. The van der Waals surface area contributed by atoms with Gasteiger partial charge in [-0.3, -0.25) is 15.0 Å². The average molecular weight is 418 g/mol. The number of hydrogen-bond acceptors (Lipinski definition) is 7. The number of carboxylic acid groups (broad SMARTS) is 2. The molecule has 2 aromatic carbocycles. The van der Waals surface area contributed by atoms with E-state index in [9.17, 15) is 29.4 Å². The number of amides is 2. The fourth-order valence-electron chi connectivity index (χ4n) is 2.80. The summed E-state index contributed by atoms with van der Waals surface area (Å²) in [5, 5.41) is 19.7. The van der Waals surface area contributed by atoms with Crippen molar-refractivity contribution < 1.29 is 29.4 Å². The molecule has 3 aromatic rings. The van der Waals surface area contributed by atoms with E-state index in [1.54, 1.807) is 18.2 Å². The molecule has 0 fully saturated rings. The number of aromatic nitrogens is 1. The van der Waals surface area contributed by atoms with Gasteiger partial charge in [0.25, 0.3) is 11.8 Å². The largest absolute Gasteiger partial charge is 0.478 e. The maximum absolute atomic E-state index is 12.6. The molecule has 1 aromatic heterocycles. The van der Waals surface area contributed by atoms with Crippen LogP contribution in [-0.2, 0) is 0 Å². The Labute approximate surface area is 164 Å². The average Bonchev–Trinajstić information content (AvgIpc) is 3.16. The van der Waals surface area contributed by atoms with Crippen LogP contribution >= 0.6 is 22.9 Å². The summed E-state index contributed by atoms with van der Waals surface area (Å²) in [4.78, 5) is 52.1. The van der Waals surface area contributed by atoms with Gasteiger partial charge in [0.15, 0.2) is 0 Å². The van der Waals surface area contributed by atoms with Gasteiger partial charge >= 0.3 is 11.9 Å². The molecule has 9 nitrogen and oxygen atoms in total. The topological polar surface area (TPSA) is 137 Å². The Hall–Kier alpha value is -3.50. The SMILES string of the molecule is O=C(O)c1cc2c(cc1C(=O)O)C(=O)N(Nc1nc3c(Cl)cccc3s1)C2=O. The zero-order valence-corrected chi connectivity index (χ0v) is 15.2. The van der Waals surface area contributed by atoms with Gasteiger partial charge in [0.1, 0.15) is 5.52 Å². The lowest BCUT2D eigenvalue weighted by Gasteiger charge is -2.13. The van der Waals surface area contributed by atoms with Gasteiger partial charge in [0.05, 0.1) is 32.0 Å². The van der Waals surface area contributed by atoms with Gasteiger partial charge in [0, 0.05) is 0 Å². The number of anilines is 1. The van der Waals surface area contributed by atoms with Crippen molar-refractivity contribution in [3.05, 3.63) is 57.6 Å². The lowest BCUT2D eigenvalue weighted by atomic mass is 9.99. The van der Waals surface area contributed by atoms with Gasteiger partial charge in [0.2, 0.25) is 5.13 Å². The van der Waals surface area contributed by atoms with Crippen LogP contribution in [0.1, 0.15) is 41.4 Å². The van der Waals surface area contributed by atoms with E-state index in [0.717, 1.165) is 28.2 Å². The molecule has 0 unspecified atom stereocenters. The minimum absolute atomic E-state index is 0.209. The van der Waals surface area contributed by atoms with Crippen molar-refractivity contribution in [2.24, 2.45) is 0 Å². The number of benzene rings is 2. The number of imide groups is 1. The van der Waals surface area contributed by atoms with Crippen molar-refractivity contribution in [2.75, 3.05) is 5.43 Å². The zero-order valence-electron chi connectivity index (χ0n) is 13.6. The van der Waals surface area contributed by atoms with E-state index in [2.05, 4.69) is 10.4 Å². The standard InChI is InChI=1S/C17H8ClN3O6S/c18-10-2-1-3-11-12(10)19-17(28-11)20-21-13(22)6-4-8(15(24)25)9(16(26)27)5-7(6)14(21)23/h1-5H,(H,19,20)(H,24,25)(H,26,27). The van der Waals surface area contributed by atoms with E-state index in [4.69, 9.17) is 11.6 Å². The van der Waals surface area contributed by atoms with Gasteiger partial charge in [-0.15, -0.1) is 0 Å². The quantitative estimate of drug-likeness (QED) is 0.551. The van der Waals surface area contributed by atoms with E-state index in [-0.39, 0.29) is 16.3 Å². The van der Waals surface area contributed by atoms with Crippen molar-refractivity contribution >= 4 is 62.0 Å². The van der Waals surface area contributed by atoms with E-state index in [1.165, 1.54) is 0 Å². The van der Waals surface area contributed by atoms with Crippen LogP contribution in [0.3, 0.4) is 0 Å². The van der Waals surface area contributed by atoms with Crippen LogP contribution in [0.4, 0.5) is 5.13 Å². The number of carbonyl (C=O) groups excluding carboxylic acids is 2. The number of thiazole rings is 1. The molecular weight excluding hydrogens is 410 g/mol. The summed E-state index contributed by atoms with van der Waals surface area (Å²) in [5.74, 6) is -4.67. The molecule has 140 valence electrons. The number of aromatic carboxylic acids is 2. The van der Waals surface area contributed by atoms with Crippen LogP contribution in [-0.4, -0.2) is 44.0 Å². The third-order valence-electron chi connectivity index (χ3n) is 4.06. The number of rotatable bonds is 4. The van der Waals surface area contributed by atoms with Gasteiger partial charge < -0.3 is 10.2 Å². The predicted octanol–water partition coefficient (Wildman–Crippen LogP) is 2.97. The lowest BCUT2D eigenvalue weighted by Crippen LogP contribution is -2.35. The second-order valence-corrected chi connectivity index (χ2v) is 7.15. The smallest absolute Gasteiger partial charge is 0.336 e. The summed E-state index contributed by atoms with van der Waals surface area (Å²) < 4.78 is 0.730. The number of nitrogens with one attached hydrogen (secondary N) is 1. The second-order valence-electron chi connectivity index (χ2n) is 5.72. The van der Waals surface area contributed by atoms with Crippen LogP contribution in [0.15, 0.2) is 30.3 Å². The number of carbonyl (C=O) groups is 4. The summed E-state index contributed by atoms with van der Waals surface area (Å²) in [6, 6.07) is 6.92. The second kappa shape index (κ2) is 6.29. The Morgan fingerprint density at radius 3 is 2.11 bits per heavy atom. The summed E-state index contributed by atoms with van der Waals surface area (Å²) >= 11 is 7.23. The molecule has 0 radical (unpaired) electrons. The van der Waals surface area contributed by atoms with Crippen molar-refractivity contribution in [3.8, 4) is 0 Å². The van der Waals surface area contributed by atoms with E-state index in [1.807, 2.05) is 0 Å². The first-order valence-electron chi connectivity index (χ1n) is 7.63. The monoisotopic (exact) mass is 417 g/mol. The van der Waals surface area contributed by atoms with Crippen molar-refractivity contribution in [1.82, 2.24) is 9.99 Å². The normalized spacial score (nSPS) is 13.1. The Morgan fingerprint density at radius 1 is 1.04 bits per heavy atom. The first-order chi connectivity index (χ1) is 13.3. The maximum Gasteiger partial charge on any atom is 0.336 e. The summed E-state index contributed by atoms with van der Waals surface area (Å²) in [7, 11) is 0. The Kier molecular flexibility index (Phi) is 4.02. The fourth-order valence-corrected chi connectivity index (χ4v) is 3.95. The number of para-hydroxylation sites is 1. The maximum atomic E-state index is 12.6. The number of nitrogens with zero attached hydrogens (tertiary/aromatic N) is 2. The highest BCUT2D eigenvalue weighted by atomic mass is 35.5. The molecular formula is C17H8ClN3O6S. The molecule has 3 N–H and O–H groups in total. The Balaban J connectivity index is 1.74. The molecule has 2 heterocycles. The van der Waals surface area contributed by atoms with E-state index >= 15 is 0 Å². The first-order valence-corrected chi connectivity index (χ1v) is 8.82. The molecule has 0 saturated heterocycles. The molecule has 0 saturated carbocycles. The van der Waals surface area contributed by atoms with Crippen LogP contribution in [0.25, 0.3) is 10.2 Å². The lowest BCUT2D eigenvalue weighted by molar-refractivity contribution is 0.0651. The van der Waals surface area contributed by atoms with Gasteiger partial charge in [-0.1, -0.05) is 29.0 Å². The molecule has 1 aliphatic rings. The van der Waals surface area contributed by atoms with Crippen LogP contribution in [0.2, 0.25) is 5.02 Å². The summed E-state index contributed by atoms with van der Waals surface area (Å²) in [6.07, 6.45) is 0.